The van der Waals surface area contributed by atoms with Gasteiger partial charge in [0.2, 0.25) is 0 Å². The third-order valence-electron chi connectivity index (χ3n) is 17.0. The van der Waals surface area contributed by atoms with E-state index >= 15 is 0 Å². The first-order valence-electron chi connectivity index (χ1n) is 20.2. The standard InChI is InChI=1S/C42H65IO9/c1-23(44)47-21-27-33(49-24(2)45)34(50-25(3)46)32(43)36(51-27)52-30-14-15-39(8)28(38(30,6)7)13-16-41(10)29(39)12-11-26-31-35-37(4,5)17-19-42(31,22-48-35)20-18-40(26,41)9/h26-36H,11-22H2,1-10H3/t26-,27-,28+,29-,30+,31+,32+,33+,34-,35-,36-,39+,40-,41-,42-/m1/s1. The number of carbonyl (C=O) groups excluding carboxylic acids is 3. The zero-order valence-electron chi connectivity index (χ0n) is 33.4. The molecule has 0 aromatic rings. The zero-order valence-corrected chi connectivity index (χ0v) is 35.5. The van der Waals surface area contributed by atoms with Crippen molar-refractivity contribution < 1.29 is 42.8 Å². The maximum Gasteiger partial charge on any atom is 0.303 e. The van der Waals surface area contributed by atoms with E-state index in [0.29, 0.717) is 34.7 Å². The average molecular weight is 841 g/mol. The van der Waals surface area contributed by atoms with Crippen LogP contribution in [0.5, 0.6) is 0 Å². The highest BCUT2D eigenvalue weighted by molar-refractivity contribution is 14.1. The number of rotatable bonds is 6. The van der Waals surface area contributed by atoms with Crippen LogP contribution >= 0.6 is 22.6 Å². The van der Waals surface area contributed by atoms with Gasteiger partial charge in [-0.1, -0.05) is 71.1 Å². The summed E-state index contributed by atoms with van der Waals surface area (Å²) < 4.78 is 36.6. The summed E-state index contributed by atoms with van der Waals surface area (Å²) >= 11 is 2.21. The largest absolute Gasteiger partial charge is 0.463 e. The summed E-state index contributed by atoms with van der Waals surface area (Å²) in [6, 6.07) is 0. The summed E-state index contributed by atoms with van der Waals surface area (Å²) in [5, 5.41) is 0. The first-order valence-corrected chi connectivity index (χ1v) is 21.5. The van der Waals surface area contributed by atoms with Gasteiger partial charge in [0, 0.05) is 20.8 Å². The zero-order chi connectivity index (χ0) is 37.8. The van der Waals surface area contributed by atoms with Crippen LogP contribution in [0.3, 0.4) is 0 Å². The second-order valence-corrected chi connectivity index (χ2v) is 21.6. The van der Waals surface area contributed by atoms with Gasteiger partial charge in [-0.25, -0.2) is 0 Å². The van der Waals surface area contributed by atoms with Crippen molar-refractivity contribution in [2.45, 2.75) is 174 Å². The Hall–Kier alpha value is -0.980. The van der Waals surface area contributed by atoms with E-state index in [4.69, 9.17) is 28.4 Å². The molecule has 7 rings (SSSR count). The second-order valence-electron chi connectivity index (χ2n) is 20.2. The molecule has 0 radical (unpaired) electrons. The molecule has 0 aromatic carbocycles. The van der Waals surface area contributed by atoms with Crippen molar-refractivity contribution in [2.75, 3.05) is 13.2 Å². The molecule has 10 heteroatoms. The lowest BCUT2D eigenvalue weighted by molar-refractivity contribution is -0.300. The molecular weight excluding hydrogens is 775 g/mol. The number of halogens is 1. The van der Waals surface area contributed by atoms with E-state index < -0.39 is 46.4 Å². The van der Waals surface area contributed by atoms with Gasteiger partial charge >= 0.3 is 17.9 Å². The van der Waals surface area contributed by atoms with Crippen molar-refractivity contribution in [3.63, 3.8) is 0 Å². The predicted molar refractivity (Wildman–Crippen MR) is 203 cm³/mol. The monoisotopic (exact) mass is 840 g/mol. The van der Waals surface area contributed by atoms with Crippen LogP contribution in [0.4, 0.5) is 0 Å². The van der Waals surface area contributed by atoms with Crippen LogP contribution < -0.4 is 0 Å². The molecule has 15 atom stereocenters. The average Bonchev–Trinajstić information content (AvgIpc) is 3.38. The lowest BCUT2D eigenvalue weighted by Crippen LogP contribution is -2.68. The third-order valence-corrected chi connectivity index (χ3v) is 18.3. The van der Waals surface area contributed by atoms with Crippen LogP contribution in [0.15, 0.2) is 0 Å². The molecule has 2 bridgehead atoms. The van der Waals surface area contributed by atoms with Crippen molar-refractivity contribution in [1.82, 2.24) is 0 Å². The molecule has 2 aliphatic heterocycles. The molecule has 0 N–H and O–H groups in total. The van der Waals surface area contributed by atoms with Crippen LogP contribution in [0, 0.1) is 56.2 Å². The van der Waals surface area contributed by atoms with Crippen LogP contribution in [0.2, 0.25) is 0 Å². The fourth-order valence-electron chi connectivity index (χ4n) is 14.3. The van der Waals surface area contributed by atoms with E-state index in [0.717, 1.165) is 25.4 Å². The fraction of sp³-hybridized carbons (Fsp3) is 0.929. The number of hydrogen-bond donors (Lipinski definition) is 0. The lowest BCUT2D eigenvalue weighted by atomic mass is 9.31. The van der Waals surface area contributed by atoms with Gasteiger partial charge in [-0.3, -0.25) is 14.4 Å². The molecule has 0 spiro atoms. The summed E-state index contributed by atoms with van der Waals surface area (Å²) in [6.45, 7) is 22.6. The highest BCUT2D eigenvalue weighted by atomic mass is 127. The van der Waals surface area contributed by atoms with Crippen molar-refractivity contribution in [2.24, 2.45) is 56.2 Å². The number of ether oxygens (including phenoxy) is 6. The Balaban J connectivity index is 1.12. The minimum absolute atomic E-state index is 0.0893. The smallest absolute Gasteiger partial charge is 0.303 e. The van der Waals surface area contributed by atoms with Gasteiger partial charge in [0.05, 0.1) is 18.8 Å². The van der Waals surface area contributed by atoms with Crippen LogP contribution in [0.25, 0.3) is 0 Å². The first kappa shape index (κ1) is 39.3. The Bertz CT molecular complexity index is 1430. The quantitative estimate of drug-likeness (QED) is 0.0861. The molecule has 9 nitrogen and oxygen atoms in total. The van der Waals surface area contributed by atoms with Gasteiger partial charge in [-0.2, -0.15) is 0 Å². The molecule has 5 saturated carbocycles. The SMILES string of the molecule is CC(=O)OC[C@H]1O[C@H](O[C@H]2CC[C@]3(C)[C@H]4CC[C@@H]5[C@H]6[C@H]7OC[C@@]6(CCC7(C)C)CC[C@@]5(C)[C@]4(C)CC[C@H]3C2(C)C)[C@@H](I)[C@@H](OC(C)=O)[C@H]1OC(C)=O. The first-order chi connectivity index (χ1) is 24.2. The van der Waals surface area contributed by atoms with Gasteiger partial charge in [0.1, 0.15) is 16.6 Å². The predicted octanol–water partition coefficient (Wildman–Crippen LogP) is 8.22. The minimum atomic E-state index is -0.936. The number of alkyl halides is 1. The van der Waals surface area contributed by atoms with E-state index in [1.165, 1.54) is 72.1 Å². The highest BCUT2D eigenvalue weighted by Crippen LogP contribution is 2.78. The summed E-state index contributed by atoms with van der Waals surface area (Å²) in [6.07, 6.45) is 9.28. The summed E-state index contributed by atoms with van der Waals surface area (Å²) in [5.74, 6) is 1.06. The molecule has 7 fully saturated rings. The Morgan fingerprint density at radius 3 is 2.08 bits per heavy atom. The van der Waals surface area contributed by atoms with Crippen molar-refractivity contribution in [3.8, 4) is 0 Å². The summed E-state index contributed by atoms with van der Waals surface area (Å²) in [7, 11) is 0. The summed E-state index contributed by atoms with van der Waals surface area (Å²) in [5.41, 5.74) is 1.29. The Kier molecular flexibility index (Phi) is 10.1. The summed E-state index contributed by atoms with van der Waals surface area (Å²) in [4.78, 5) is 36.3. The van der Waals surface area contributed by atoms with Crippen LogP contribution in [-0.2, 0) is 42.8 Å². The maximum absolute atomic E-state index is 12.3. The number of fused-ring (bicyclic) bond motifs is 5. The Morgan fingerprint density at radius 1 is 0.731 bits per heavy atom. The number of carbonyl (C=O) groups is 3. The molecule has 0 unspecified atom stereocenters. The molecule has 0 aromatic heterocycles. The van der Waals surface area contributed by atoms with E-state index in [2.05, 4.69) is 71.1 Å². The van der Waals surface area contributed by atoms with E-state index in [1.54, 1.807) is 0 Å². The normalized spacial score (nSPS) is 50.0. The molecule has 0 amide bonds. The van der Waals surface area contributed by atoms with Crippen molar-refractivity contribution in [1.29, 1.82) is 0 Å². The molecule has 5 aliphatic carbocycles. The molecule has 294 valence electrons. The Morgan fingerprint density at radius 2 is 1.40 bits per heavy atom. The van der Waals surface area contributed by atoms with Gasteiger partial charge in [-0.15, -0.1) is 0 Å². The van der Waals surface area contributed by atoms with Gasteiger partial charge in [0.15, 0.2) is 18.5 Å². The number of esters is 3. The third kappa shape index (κ3) is 5.93. The fourth-order valence-corrected chi connectivity index (χ4v) is 15.2. The van der Waals surface area contributed by atoms with Gasteiger partial charge < -0.3 is 28.4 Å². The second kappa shape index (κ2) is 13.3. The number of hydrogen-bond acceptors (Lipinski definition) is 9. The maximum atomic E-state index is 12.3. The van der Waals surface area contributed by atoms with Crippen molar-refractivity contribution >= 4 is 40.5 Å². The molecular formula is C42H65IO9. The van der Waals surface area contributed by atoms with Crippen LogP contribution in [0.1, 0.15) is 133 Å². The lowest BCUT2D eigenvalue weighted by Gasteiger charge is -2.73. The Labute approximate surface area is 325 Å². The minimum Gasteiger partial charge on any atom is -0.463 e. The highest BCUT2D eigenvalue weighted by Gasteiger charge is 2.73. The molecule has 7 aliphatic rings. The van der Waals surface area contributed by atoms with E-state index in [-0.39, 0.29) is 34.4 Å². The molecule has 2 saturated heterocycles. The van der Waals surface area contributed by atoms with Gasteiger partial charge in [-0.05, 0) is 120 Å². The molecule has 2 heterocycles. The van der Waals surface area contributed by atoms with Gasteiger partial charge in [0.25, 0.3) is 0 Å². The van der Waals surface area contributed by atoms with E-state index in [9.17, 15) is 14.4 Å². The molecule has 52 heavy (non-hydrogen) atoms. The topological polar surface area (TPSA) is 107 Å². The van der Waals surface area contributed by atoms with E-state index in [1.807, 2.05) is 0 Å². The van der Waals surface area contributed by atoms with Crippen LogP contribution in [-0.4, -0.2) is 71.9 Å². The van der Waals surface area contributed by atoms with Crippen molar-refractivity contribution in [3.05, 3.63) is 0 Å².